The second kappa shape index (κ2) is 5.83. The van der Waals surface area contributed by atoms with Crippen molar-refractivity contribution in [1.82, 2.24) is 0 Å². The van der Waals surface area contributed by atoms with Crippen LogP contribution in [0.25, 0.3) is 0 Å². The van der Waals surface area contributed by atoms with E-state index in [1.54, 1.807) is 18.2 Å². The maximum atomic E-state index is 12.4. The Balaban J connectivity index is 3.13. The van der Waals surface area contributed by atoms with Crippen LogP contribution in [0, 0.1) is 10.7 Å². The van der Waals surface area contributed by atoms with E-state index in [1.165, 1.54) is 0 Å². The van der Waals surface area contributed by atoms with Crippen LogP contribution >= 0.6 is 65.3 Å². The molecular formula is C6H3F3I3. The summed E-state index contributed by atoms with van der Waals surface area (Å²) in [6, 6.07) is 4.72. The number of hydrogen-bond acceptors (Lipinski definition) is 0. The summed E-state index contributed by atoms with van der Waals surface area (Å²) in [5.41, 5.74) is 0. The monoisotopic (exact) mass is 513 g/mol. The van der Waals surface area contributed by atoms with Crippen LogP contribution in [0.3, 0.4) is 0 Å². The summed E-state index contributed by atoms with van der Waals surface area (Å²) < 4.78 is 38.3. The number of hydrogen-bond donors (Lipinski definition) is 0. The van der Waals surface area contributed by atoms with Gasteiger partial charge >= 0.3 is 0 Å². The van der Waals surface area contributed by atoms with Crippen molar-refractivity contribution in [3.8, 4) is 0 Å². The van der Waals surface area contributed by atoms with Crippen LogP contribution in [0.2, 0.25) is 0 Å². The summed E-state index contributed by atoms with van der Waals surface area (Å²) in [4.78, 5) is 0. The summed E-state index contributed by atoms with van der Waals surface area (Å²) in [5.74, 6) is 0. The molecule has 0 heterocycles. The third-order valence-corrected chi connectivity index (χ3v) is 7.44. The molecule has 0 atom stereocenters. The van der Waals surface area contributed by atoms with E-state index in [9.17, 15) is 8.58 Å². The highest BCUT2D eigenvalue weighted by molar-refractivity contribution is 14.2. The molecule has 0 aliphatic carbocycles. The standard InChI is InChI=1S/C6H3F3I3/c7-10-4-2-1-3-5(11-8)6(4)12-9/h1-3H. The molecule has 0 aliphatic rings. The van der Waals surface area contributed by atoms with Gasteiger partial charge in [-0.25, -0.2) is 0 Å². The molecule has 0 saturated carbocycles. The second-order valence-electron chi connectivity index (χ2n) is 1.75. The topological polar surface area (TPSA) is 0 Å². The first-order chi connectivity index (χ1) is 5.83. The van der Waals surface area contributed by atoms with E-state index in [0.717, 1.165) is 0 Å². The molecule has 1 rings (SSSR count). The zero-order chi connectivity index (χ0) is 8.97. The molecule has 0 amide bonds. The highest BCUT2D eigenvalue weighted by Crippen LogP contribution is 2.39. The van der Waals surface area contributed by atoms with Crippen LogP contribution in [0.1, 0.15) is 0 Å². The fourth-order valence-electron chi connectivity index (χ4n) is 0.656. The van der Waals surface area contributed by atoms with Gasteiger partial charge in [-0.05, 0) is 12.1 Å². The summed E-state index contributed by atoms with van der Waals surface area (Å²) >= 11 is -4.88. The lowest BCUT2D eigenvalue weighted by Crippen LogP contribution is -1.86. The molecule has 0 saturated heterocycles. The van der Waals surface area contributed by atoms with Gasteiger partial charge in [-0.2, -0.15) is 8.58 Å². The molecule has 0 spiro atoms. The van der Waals surface area contributed by atoms with Crippen LogP contribution in [0.4, 0.5) is 8.58 Å². The number of rotatable bonds is 3. The van der Waals surface area contributed by atoms with Gasteiger partial charge in [0.05, 0.1) is 10.7 Å². The maximum Gasteiger partial charge on any atom is 0.111 e. The Bertz CT molecular complexity index is 244. The first kappa shape index (κ1) is 11.3. The normalized spacial score (nSPS) is 10.2. The molecule has 1 aromatic rings. The van der Waals surface area contributed by atoms with Crippen molar-refractivity contribution in [3.63, 3.8) is 0 Å². The molecule has 69 valence electrons. The first-order valence-corrected chi connectivity index (χ1v) is 8.42. The van der Waals surface area contributed by atoms with Gasteiger partial charge in [-0.1, -0.05) is 6.07 Å². The van der Waals surface area contributed by atoms with Crippen LogP contribution in [0.15, 0.2) is 18.2 Å². The Labute approximate surface area is 101 Å². The average molecular weight is 513 g/mol. The summed E-state index contributed by atoms with van der Waals surface area (Å²) in [5, 5.41) is 0. The van der Waals surface area contributed by atoms with Gasteiger partial charge in [0.1, 0.15) is 65.3 Å². The van der Waals surface area contributed by atoms with Gasteiger partial charge < -0.3 is 0 Å². The summed E-state index contributed by atoms with van der Waals surface area (Å²) in [6.45, 7) is 0. The fraction of sp³-hybridized carbons (Fsp3) is 0. The second-order valence-corrected chi connectivity index (χ2v) is 6.38. The molecule has 3 radical (unpaired) electrons. The van der Waals surface area contributed by atoms with Gasteiger partial charge in [0.25, 0.3) is 0 Å². The minimum atomic E-state index is -1.67. The van der Waals surface area contributed by atoms with Gasteiger partial charge in [0.15, 0.2) is 0 Å². The Morgan fingerprint density at radius 3 is 1.67 bits per heavy atom. The molecule has 12 heavy (non-hydrogen) atoms. The fourth-order valence-corrected chi connectivity index (χ4v) is 5.61. The van der Waals surface area contributed by atoms with E-state index in [2.05, 4.69) is 0 Å². The van der Waals surface area contributed by atoms with Gasteiger partial charge in [0.2, 0.25) is 0 Å². The molecule has 0 N–H and O–H groups in total. The van der Waals surface area contributed by atoms with Gasteiger partial charge in [-0.3, -0.25) is 0 Å². The molecule has 1 aromatic carbocycles. The maximum absolute atomic E-state index is 12.4. The Morgan fingerprint density at radius 2 is 1.33 bits per heavy atom. The Kier molecular flexibility index (Phi) is 5.48. The van der Waals surface area contributed by atoms with Crippen molar-refractivity contribution in [3.05, 3.63) is 28.9 Å². The van der Waals surface area contributed by atoms with Crippen molar-refractivity contribution in [2.45, 2.75) is 0 Å². The predicted molar refractivity (Wildman–Crippen MR) is 67.9 cm³/mol. The Hall–Kier alpha value is 1.20. The molecule has 0 fully saturated rings. The van der Waals surface area contributed by atoms with E-state index in [-0.39, 0.29) is 0 Å². The SMILES string of the molecule is F[I]c1cccc([I]F)c1[I]F. The van der Waals surface area contributed by atoms with E-state index in [4.69, 9.17) is 0 Å². The average Bonchev–Trinajstić information content (AvgIpc) is 2.16. The third-order valence-electron chi connectivity index (χ3n) is 1.13. The van der Waals surface area contributed by atoms with Crippen molar-refractivity contribution < 1.29 is 8.58 Å². The molecule has 0 aromatic heterocycles. The Morgan fingerprint density at radius 1 is 0.833 bits per heavy atom. The van der Waals surface area contributed by atoms with Crippen LogP contribution < -0.4 is 0 Å². The van der Waals surface area contributed by atoms with Crippen molar-refractivity contribution in [1.29, 1.82) is 0 Å². The van der Waals surface area contributed by atoms with Crippen LogP contribution in [-0.2, 0) is 0 Å². The molecule has 0 bridgehead atoms. The largest absolute Gasteiger partial charge is 0.179 e. The highest BCUT2D eigenvalue weighted by Gasteiger charge is 2.10. The van der Waals surface area contributed by atoms with E-state index in [0.29, 0.717) is 10.7 Å². The van der Waals surface area contributed by atoms with E-state index in [1.807, 2.05) is 0 Å². The van der Waals surface area contributed by atoms with Crippen LogP contribution in [0.5, 0.6) is 0 Å². The first-order valence-electron chi connectivity index (χ1n) is 2.74. The van der Waals surface area contributed by atoms with Gasteiger partial charge in [0, 0.05) is 0 Å². The minimum Gasteiger partial charge on any atom is -0.179 e. The minimum absolute atomic E-state index is 0.363. The molecule has 0 nitrogen and oxygen atoms in total. The summed E-state index contributed by atoms with van der Waals surface area (Å²) in [6.07, 6.45) is 0. The van der Waals surface area contributed by atoms with Crippen molar-refractivity contribution >= 4 is 65.3 Å². The zero-order valence-corrected chi connectivity index (χ0v) is 12.0. The smallest absolute Gasteiger partial charge is 0.111 e. The number of benzene rings is 1. The quantitative estimate of drug-likeness (QED) is 0.405. The lowest BCUT2D eigenvalue weighted by atomic mass is 10.4. The van der Waals surface area contributed by atoms with Crippen LogP contribution in [-0.4, -0.2) is 0 Å². The lowest BCUT2D eigenvalue weighted by Gasteiger charge is -2.02. The lowest BCUT2D eigenvalue weighted by molar-refractivity contribution is 1.02. The van der Waals surface area contributed by atoms with E-state index < -0.39 is 65.3 Å². The highest BCUT2D eigenvalue weighted by atomic mass is 127. The summed E-state index contributed by atoms with van der Waals surface area (Å²) in [7, 11) is 0. The zero-order valence-electron chi connectivity index (χ0n) is 5.50. The molecular weight excluding hydrogens is 510 g/mol. The van der Waals surface area contributed by atoms with E-state index >= 15 is 0 Å². The molecule has 6 heteroatoms. The van der Waals surface area contributed by atoms with Crippen molar-refractivity contribution in [2.24, 2.45) is 0 Å². The van der Waals surface area contributed by atoms with Crippen molar-refractivity contribution in [2.75, 3.05) is 0 Å². The predicted octanol–water partition coefficient (Wildman–Crippen LogP) is 4.76. The third kappa shape index (κ3) is 2.59. The van der Waals surface area contributed by atoms with Gasteiger partial charge in [-0.15, -0.1) is 0 Å². The number of halogens is 6. The molecule has 0 aliphatic heterocycles. The molecule has 0 unspecified atom stereocenters.